The highest BCUT2D eigenvalue weighted by molar-refractivity contribution is 5.62. The van der Waals surface area contributed by atoms with Gasteiger partial charge in [-0.1, -0.05) is 24.3 Å². The molecular weight excluding hydrogens is 274 g/mol. The van der Waals surface area contributed by atoms with E-state index in [1.807, 2.05) is 43.1 Å². The fraction of sp³-hybridized carbons (Fsp3) is 0.444. The van der Waals surface area contributed by atoms with Crippen LogP contribution in [0.5, 0.6) is 0 Å². The van der Waals surface area contributed by atoms with Gasteiger partial charge in [-0.05, 0) is 44.2 Å². The number of nitrogens with zero attached hydrogens (tertiary/aromatic N) is 3. The molecule has 3 rings (SSSR count). The van der Waals surface area contributed by atoms with Crippen LogP contribution in [0.3, 0.4) is 0 Å². The third-order valence-electron chi connectivity index (χ3n) is 4.27. The van der Waals surface area contributed by atoms with Crippen LogP contribution in [0.1, 0.15) is 44.9 Å². The van der Waals surface area contributed by atoms with Crippen LogP contribution < -0.4 is 0 Å². The van der Waals surface area contributed by atoms with Gasteiger partial charge in [0.05, 0.1) is 17.7 Å². The van der Waals surface area contributed by atoms with Crippen LogP contribution in [-0.2, 0) is 10.2 Å². The van der Waals surface area contributed by atoms with Crippen molar-refractivity contribution >= 4 is 0 Å². The van der Waals surface area contributed by atoms with Gasteiger partial charge >= 0.3 is 0 Å². The van der Waals surface area contributed by atoms with E-state index in [1.54, 1.807) is 0 Å². The van der Waals surface area contributed by atoms with Crippen molar-refractivity contribution in [1.82, 2.24) is 9.78 Å². The fourth-order valence-corrected chi connectivity index (χ4v) is 2.72. The van der Waals surface area contributed by atoms with E-state index >= 15 is 0 Å². The van der Waals surface area contributed by atoms with E-state index in [2.05, 4.69) is 23.3 Å². The van der Waals surface area contributed by atoms with Gasteiger partial charge in [-0.3, -0.25) is 0 Å². The number of ether oxygens (including phenoxy) is 1. The van der Waals surface area contributed by atoms with Gasteiger partial charge in [0.1, 0.15) is 6.23 Å². The van der Waals surface area contributed by atoms with Crippen molar-refractivity contribution in [2.45, 2.75) is 44.8 Å². The van der Waals surface area contributed by atoms with Crippen LogP contribution in [0.2, 0.25) is 0 Å². The largest absolute Gasteiger partial charge is 0.357 e. The number of hydrogen-bond acceptors (Lipinski definition) is 3. The van der Waals surface area contributed by atoms with Crippen molar-refractivity contribution in [2.24, 2.45) is 0 Å². The molecule has 0 radical (unpaired) electrons. The molecule has 0 amide bonds. The van der Waals surface area contributed by atoms with Gasteiger partial charge in [-0.2, -0.15) is 10.4 Å². The standard InChI is InChI=1S/C18H21N3O/c1-18(2,13-19)16-8-6-14(7-9-16)15-11-20-21(12-15)17-5-3-4-10-22-17/h6-9,11-12,17H,3-5,10H2,1-2H3/t17-/m1/s1. The highest BCUT2D eigenvalue weighted by Gasteiger charge is 2.20. The molecule has 2 aromatic rings. The number of aromatic nitrogens is 2. The molecule has 0 N–H and O–H groups in total. The minimum absolute atomic E-state index is 0.0688. The normalized spacial score (nSPS) is 18.9. The average molecular weight is 295 g/mol. The molecule has 0 bridgehead atoms. The SMILES string of the molecule is CC(C)(C#N)c1ccc(-c2cnn([C@H]3CCCCO3)c2)cc1. The zero-order valence-corrected chi connectivity index (χ0v) is 13.1. The van der Waals surface area contributed by atoms with Gasteiger partial charge in [0.2, 0.25) is 0 Å². The molecule has 2 heterocycles. The van der Waals surface area contributed by atoms with Gasteiger partial charge in [0, 0.05) is 18.4 Å². The lowest BCUT2D eigenvalue weighted by atomic mass is 9.86. The molecule has 0 spiro atoms. The summed E-state index contributed by atoms with van der Waals surface area (Å²) in [4.78, 5) is 0. The first-order valence-electron chi connectivity index (χ1n) is 7.78. The Hall–Kier alpha value is -2.12. The van der Waals surface area contributed by atoms with Gasteiger partial charge < -0.3 is 4.74 Å². The second-order valence-corrected chi connectivity index (χ2v) is 6.34. The van der Waals surface area contributed by atoms with E-state index in [1.165, 1.54) is 6.42 Å². The summed E-state index contributed by atoms with van der Waals surface area (Å²) in [5, 5.41) is 13.6. The molecule has 1 aromatic heterocycles. The van der Waals surface area contributed by atoms with Gasteiger partial charge in [0.15, 0.2) is 0 Å². The molecule has 0 aliphatic carbocycles. The molecular formula is C18H21N3O. The van der Waals surface area contributed by atoms with E-state index < -0.39 is 5.41 Å². The van der Waals surface area contributed by atoms with Crippen molar-refractivity contribution < 1.29 is 4.74 Å². The van der Waals surface area contributed by atoms with E-state index in [0.29, 0.717) is 0 Å². The van der Waals surface area contributed by atoms with Crippen LogP contribution in [-0.4, -0.2) is 16.4 Å². The lowest BCUT2D eigenvalue weighted by Crippen LogP contribution is -2.18. The number of rotatable bonds is 3. The molecule has 1 aliphatic heterocycles. The van der Waals surface area contributed by atoms with Gasteiger partial charge in [-0.25, -0.2) is 4.68 Å². The van der Waals surface area contributed by atoms with Crippen molar-refractivity contribution in [3.8, 4) is 17.2 Å². The third kappa shape index (κ3) is 2.90. The first kappa shape index (κ1) is 14.8. The Kier molecular flexibility index (Phi) is 4.00. The topological polar surface area (TPSA) is 50.8 Å². The number of nitriles is 1. The maximum absolute atomic E-state index is 9.20. The predicted octanol–water partition coefficient (Wildman–Crippen LogP) is 4.05. The van der Waals surface area contributed by atoms with Gasteiger partial charge in [-0.15, -0.1) is 0 Å². The summed E-state index contributed by atoms with van der Waals surface area (Å²) in [6, 6.07) is 10.5. The molecule has 4 heteroatoms. The summed E-state index contributed by atoms with van der Waals surface area (Å²) in [5.74, 6) is 0. The van der Waals surface area contributed by atoms with E-state index in [0.717, 1.165) is 36.1 Å². The summed E-state index contributed by atoms with van der Waals surface area (Å²) >= 11 is 0. The maximum atomic E-state index is 9.20. The van der Waals surface area contributed by atoms with Crippen LogP contribution >= 0.6 is 0 Å². The minimum Gasteiger partial charge on any atom is -0.357 e. The van der Waals surface area contributed by atoms with Crippen molar-refractivity contribution in [3.63, 3.8) is 0 Å². The lowest BCUT2D eigenvalue weighted by Gasteiger charge is -2.22. The van der Waals surface area contributed by atoms with Crippen molar-refractivity contribution in [2.75, 3.05) is 6.61 Å². The molecule has 22 heavy (non-hydrogen) atoms. The molecule has 0 saturated carbocycles. The molecule has 0 unspecified atom stereocenters. The zero-order chi connectivity index (χ0) is 15.6. The van der Waals surface area contributed by atoms with Crippen molar-refractivity contribution in [3.05, 3.63) is 42.2 Å². The Morgan fingerprint density at radius 3 is 2.64 bits per heavy atom. The lowest BCUT2D eigenvalue weighted by molar-refractivity contribution is -0.0394. The molecule has 1 saturated heterocycles. The van der Waals surface area contributed by atoms with Gasteiger partial charge in [0.25, 0.3) is 0 Å². The minimum atomic E-state index is -0.460. The quantitative estimate of drug-likeness (QED) is 0.858. The van der Waals surface area contributed by atoms with Crippen LogP contribution in [0.4, 0.5) is 0 Å². The van der Waals surface area contributed by atoms with Crippen LogP contribution in [0, 0.1) is 11.3 Å². The first-order valence-corrected chi connectivity index (χ1v) is 7.78. The Labute approximate surface area is 131 Å². The van der Waals surface area contributed by atoms with E-state index in [9.17, 15) is 5.26 Å². The van der Waals surface area contributed by atoms with E-state index in [4.69, 9.17) is 4.74 Å². The summed E-state index contributed by atoms with van der Waals surface area (Å²) in [6.45, 7) is 4.68. The van der Waals surface area contributed by atoms with Crippen LogP contribution in [0.25, 0.3) is 11.1 Å². The number of hydrogen-bond donors (Lipinski definition) is 0. The first-order chi connectivity index (χ1) is 10.6. The Balaban J connectivity index is 1.80. The molecule has 114 valence electrons. The average Bonchev–Trinajstić information content (AvgIpc) is 3.06. The molecule has 1 atom stereocenters. The highest BCUT2D eigenvalue weighted by atomic mass is 16.5. The fourth-order valence-electron chi connectivity index (χ4n) is 2.72. The Morgan fingerprint density at radius 1 is 1.23 bits per heavy atom. The summed E-state index contributed by atoms with van der Waals surface area (Å²) in [5.41, 5.74) is 2.76. The monoisotopic (exact) mass is 295 g/mol. The predicted molar refractivity (Wildman–Crippen MR) is 85.1 cm³/mol. The van der Waals surface area contributed by atoms with Crippen LogP contribution in [0.15, 0.2) is 36.7 Å². The Bertz CT molecular complexity index is 673. The Morgan fingerprint density at radius 2 is 2.00 bits per heavy atom. The van der Waals surface area contributed by atoms with Crippen molar-refractivity contribution in [1.29, 1.82) is 5.26 Å². The molecule has 4 nitrogen and oxygen atoms in total. The maximum Gasteiger partial charge on any atom is 0.150 e. The smallest absolute Gasteiger partial charge is 0.150 e. The molecule has 1 aromatic carbocycles. The highest BCUT2D eigenvalue weighted by Crippen LogP contribution is 2.28. The second kappa shape index (κ2) is 5.94. The molecule has 1 aliphatic rings. The summed E-state index contributed by atoms with van der Waals surface area (Å²) in [6.07, 6.45) is 7.34. The zero-order valence-electron chi connectivity index (χ0n) is 13.1. The molecule has 1 fully saturated rings. The summed E-state index contributed by atoms with van der Waals surface area (Å²) < 4.78 is 7.67. The third-order valence-corrected chi connectivity index (χ3v) is 4.27. The van der Waals surface area contributed by atoms with E-state index in [-0.39, 0.29) is 6.23 Å². The second-order valence-electron chi connectivity index (χ2n) is 6.34. The number of benzene rings is 1. The summed E-state index contributed by atoms with van der Waals surface area (Å²) in [7, 11) is 0.